The molecule has 0 radical (unpaired) electrons. The second-order valence-electron chi connectivity index (χ2n) is 6.52. The molecule has 0 spiro atoms. The van der Waals surface area contributed by atoms with Crippen molar-refractivity contribution >= 4 is 15.9 Å². The van der Waals surface area contributed by atoms with E-state index >= 15 is 0 Å². The molecule has 2 aromatic rings. The highest BCUT2D eigenvalue weighted by molar-refractivity contribution is 7.88. The molecule has 9 heteroatoms. The van der Waals surface area contributed by atoms with Crippen LogP contribution in [0, 0.1) is 5.82 Å². The second kappa shape index (κ2) is 9.71. The van der Waals surface area contributed by atoms with Crippen LogP contribution in [0.4, 0.5) is 4.39 Å². The van der Waals surface area contributed by atoms with Crippen LogP contribution in [0.2, 0.25) is 0 Å². The normalized spacial score (nSPS) is 12.5. The Morgan fingerprint density at radius 1 is 1.17 bits per heavy atom. The number of nitrogens with one attached hydrogen (secondary N) is 1. The highest BCUT2D eigenvalue weighted by Gasteiger charge is 2.23. The van der Waals surface area contributed by atoms with Crippen LogP contribution in [-0.2, 0) is 21.4 Å². The van der Waals surface area contributed by atoms with Gasteiger partial charge in [-0.2, -0.15) is 4.31 Å². The van der Waals surface area contributed by atoms with E-state index in [1.165, 1.54) is 32.4 Å². The molecule has 1 unspecified atom stereocenters. The molecule has 0 heterocycles. The van der Waals surface area contributed by atoms with Crippen LogP contribution in [-0.4, -0.2) is 45.7 Å². The van der Waals surface area contributed by atoms with Crippen molar-refractivity contribution in [2.75, 3.05) is 27.0 Å². The van der Waals surface area contributed by atoms with Gasteiger partial charge in [0.05, 0.1) is 33.1 Å². The summed E-state index contributed by atoms with van der Waals surface area (Å²) in [6.07, 6.45) is 0.982. The van der Waals surface area contributed by atoms with Gasteiger partial charge in [-0.15, -0.1) is 0 Å². The first-order valence-corrected chi connectivity index (χ1v) is 10.7. The van der Waals surface area contributed by atoms with Gasteiger partial charge in [-0.25, -0.2) is 12.8 Å². The Bertz CT molecular complexity index is 965. The molecule has 0 fully saturated rings. The summed E-state index contributed by atoms with van der Waals surface area (Å²) in [6, 6.07) is 10.6. The second-order valence-corrected chi connectivity index (χ2v) is 8.50. The summed E-state index contributed by atoms with van der Waals surface area (Å²) in [5.41, 5.74) is 0.869. The molecule has 1 N–H and O–H groups in total. The van der Waals surface area contributed by atoms with Gasteiger partial charge in [0, 0.05) is 17.7 Å². The maximum absolute atomic E-state index is 13.9. The topological polar surface area (TPSA) is 84.9 Å². The third-order valence-electron chi connectivity index (χ3n) is 4.37. The lowest BCUT2D eigenvalue weighted by Gasteiger charge is -2.22. The molecule has 0 saturated heterocycles. The van der Waals surface area contributed by atoms with Crippen LogP contribution in [0.3, 0.4) is 0 Å². The van der Waals surface area contributed by atoms with E-state index in [0.717, 1.165) is 10.6 Å². The Kier molecular flexibility index (Phi) is 7.58. The van der Waals surface area contributed by atoms with Crippen molar-refractivity contribution in [3.8, 4) is 11.5 Å². The third kappa shape index (κ3) is 6.16. The average molecular weight is 424 g/mol. The average Bonchev–Trinajstić information content (AvgIpc) is 2.67. The fourth-order valence-corrected chi connectivity index (χ4v) is 3.54. The van der Waals surface area contributed by atoms with E-state index in [1.807, 2.05) is 0 Å². The van der Waals surface area contributed by atoms with E-state index in [2.05, 4.69) is 5.32 Å². The van der Waals surface area contributed by atoms with Crippen molar-refractivity contribution in [3.05, 3.63) is 59.4 Å². The molecule has 0 aliphatic heterocycles. The lowest BCUT2D eigenvalue weighted by molar-refractivity contribution is -0.122. The Balaban J connectivity index is 2.15. The third-order valence-corrected chi connectivity index (χ3v) is 5.57. The summed E-state index contributed by atoms with van der Waals surface area (Å²) in [5, 5.41) is 2.75. The first-order valence-electron chi connectivity index (χ1n) is 8.85. The van der Waals surface area contributed by atoms with Crippen molar-refractivity contribution in [2.24, 2.45) is 0 Å². The predicted molar refractivity (Wildman–Crippen MR) is 108 cm³/mol. The molecule has 2 aromatic carbocycles. The number of carbonyl (C=O) groups excluding carboxylic acids is 1. The van der Waals surface area contributed by atoms with Gasteiger partial charge >= 0.3 is 0 Å². The Hall–Kier alpha value is -2.65. The van der Waals surface area contributed by atoms with Gasteiger partial charge in [0.25, 0.3) is 0 Å². The van der Waals surface area contributed by atoms with Crippen LogP contribution in [0.25, 0.3) is 0 Å². The lowest BCUT2D eigenvalue weighted by atomic mass is 10.1. The highest BCUT2D eigenvalue weighted by Crippen LogP contribution is 2.29. The molecule has 2 rings (SSSR count). The van der Waals surface area contributed by atoms with Crippen LogP contribution in [0.1, 0.15) is 24.1 Å². The number of amides is 1. The van der Waals surface area contributed by atoms with Crippen molar-refractivity contribution < 1.29 is 27.1 Å². The number of ether oxygens (including phenoxy) is 2. The zero-order valence-electron chi connectivity index (χ0n) is 16.8. The standard InChI is InChI=1S/C20H25FN2O5S/c1-14(17-11-16(27-2)9-10-19(17)28-3)22-20(24)13-23(29(4,25)26)12-15-7-5-6-8-18(15)21/h5-11,14H,12-13H2,1-4H3,(H,22,24). The molecular weight excluding hydrogens is 399 g/mol. The summed E-state index contributed by atoms with van der Waals surface area (Å²) in [7, 11) is -0.695. The minimum atomic E-state index is -3.74. The number of rotatable bonds is 9. The number of benzene rings is 2. The summed E-state index contributed by atoms with van der Waals surface area (Å²) < 4.78 is 49.6. The van der Waals surface area contributed by atoms with Crippen LogP contribution >= 0.6 is 0 Å². The molecule has 29 heavy (non-hydrogen) atoms. The van der Waals surface area contributed by atoms with Gasteiger partial charge in [-0.1, -0.05) is 18.2 Å². The Labute approximate surface area is 170 Å². The monoisotopic (exact) mass is 424 g/mol. The van der Waals surface area contributed by atoms with Gasteiger partial charge in [0.15, 0.2) is 0 Å². The van der Waals surface area contributed by atoms with E-state index in [-0.39, 0.29) is 12.1 Å². The summed E-state index contributed by atoms with van der Waals surface area (Å²) in [5.74, 6) is 0.101. The number of sulfonamides is 1. The smallest absolute Gasteiger partial charge is 0.235 e. The number of nitrogens with zero attached hydrogens (tertiary/aromatic N) is 1. The first-order chi connectivity index (χ1) is 13.7. The van der Waals surface area contributed by atoms with Crippen molar-refractivity contribution in [2.45, 2.75) is 19.5 Å². The Morgan fingerprint density at radius 2 is 1.86 bits per heavy atom. The summed E-state index contributed by atoms with van der Waals surface area (Å²) in [6.45, 7) is 1.07. The number of hydrogen-bond donors (Lipinski definition) is 1. The molecule has 0 bridgehead atoms. The molecule has 1 amide bonds. The minimum absolute atomic E-state index is 0.188. The summed E-state index contributed by atoms with van der Waals surface area (Å²) in [4.78, 5) is 12.5. The fraction of sp³-hybridized carbons (Fsp3) is 0.350. The number of methoxy groups -OCH3 is 2. The first kappa shape index (κ1) is 22.6. The minimum Gasteiger partial charge on any atom is -0.497 e. The van der Waals surface area contributed by atoms with Gasteiger partial charge in [0.1, 0.15) is 17.3 Å². The molecule has 0 aromatic heterocycles. The fourth-order valence-electron chi connectivity index (χ4n) is 2.81. The van der Waals surface area contributed by atoms with Gasteiger partial charge in [-0.05, 0) is 31.2 Å². The molecule has 158 valence electrons. The van der Waals surface area contributed by atoms with E-state index in [4.69, 9.17) is 9.47 Å². The van der Waals surface area contributed by atoms with Gasteiger partial charge < -0.3 is 14.8 Å². The van der Waals surface area contributed by atoms with Crippen LogP contribution in [0.5, 0.6) is 11.5 Å². The van der Waals surface area contributed by atoms with E-state index in [9.17, 15) is 17.6 Å². The molecule has 0 aliphatic carbocycles. The molecule has 0 aliphatic rings. The Morgan fingerprint density at radius 3 is 2.45 bits per heavy atom. The SMILES string of the molecule is COc1ccc(OC)c(C(C)NC(=O)CN(Cc2ccccc2F)S(C)(=O)=O)c1. The number of carbonyl (C=O) groups is 1. The van der Waals surface area contributed by atoms with Crippen LogP contribution in [0.15, 0.2) is 42.5 Å². The molecular formula is C20H25FN2O5S. The van der Waals surface area contributed by atoms with E-state index in [0.29, 0.717) is 17.1 Å². The zero-order chi connectivity index (χ0) is 21.6. The maximum atomic E-state index is 13.9. The van der Waals surface area contributed by atoms with Crippen molar-refractivity contribution in [1.29, 1.82) is 0 Å². The van der Waals surface area contributed by atoms with Crippen molar-refractivity contribution in [3.63, 3.8) is 0 Å². The predicted octanol–water partition coefficient (Wildman–Crippen LogP) is 2.48. The summed E-state index contributed by atoms with van der Waals surface area (Å²) >= 11 is 0. The number of halogens is 1. The van der Waals surface area contributed by atoms with Crippen molar-refractivity contribution in [1.82, 2.24) is 9.62 Å². The quantitative estimate of drug-likeness (QED) is 0.669. The van der Waals surface area contributed by atoms with Gasteiger partial charge in [0.2, 0.25) is 15.9 Å². The maximum Gasteiger partial charge on any atom is 0.235 e. The van der Waals surface area contributed by atoms with E-state index < -0.39 is 34.3 Å². The molecule has 7 nitrogen and oxygen atoms in total. The molecule has 1 atom stereocenters. The zero-order valence-corrected chi connectivity index (χ0v) is 17.6. The number of hydrogen-bond acceptors (Lipinski definition) is 5. The lowest BCUT2D eigenvalue weighted by Crippen LogP contribution is -2.40. The van der Waals surface area contributed by atoms with Gasteiger partial charge in [-0.3, -0.25) is 4.79 Å². The van der Waals surface area contributed by atoms with E-state index in [1.54, 1.807) is 31.2 Å². The van der Waals surface area contributed by atoms with Crippen LogP contribution < -0.4 is 14.8 Å². The highest BCUT2D eigenvalue weighted by atomic mass is 32.2. The molecule has 0 saturated carbocycles. The largest absolute Gasteiger partial charge is 0.497 e.